The highest BCUT2D eigenvalue weighted by molar-refractivity contribution is 7.13. The van der Waals surface area contributed by atoms with Gasteiger partial charge in [-0.25, -0.2) is 4.98 Å². The molecule has 0 atom stereocenters. The number of carbonyl (C=O) groups excluding carboxylic acids is 1. The van der Waals surface area contributed by atoms with E-state index in [1.807, 2.05) is 29.6 Å². The molecular weight excluding hydrogens is 320 g/mol. The lowest BCUT2D eigenvalue weighted by molar-refractivity contribution is -0.115. The van der Waals surface area contributed by atoms with Crippen LogP contribution in [0.2, 0.25) is 0 Å². The molecule has 24 heavy (non-hydrogen) atoms. The third-order valence-corrected chi connectivity index (χ3v) is 4.51. The van der Waals surface area contributed by atoms with Gasteiger partial charge in [-0.3, -0.25) is 4.79 Å². The maximum atomic E-state index is 12.1. The summed E-state index contributed by atoms with van der Waals surface area (Å²) in [7, 11) is 1.61. The monoisotopic (exact) mass is 338 g/mol. The van der Waals surface area contributed by atoms with Gasteiger partial charge in [-0.1, -0.05) is 29.8 Å². The van der Waals surface area contributed by atoms with Crippen LogP contribution in [0.25, 0.3) is 10.6 Å². The van der Waals surface area contributed by atoms with Crippen LogP contribution in [0.15, 0.2) is 53.9 Å². The highest BCUT2D eigenvalue weighted by Crippen LogP contribution is 2.24. The fourth-order valence-corrected chi connectivity index (χ4v) is 3.09. The summed E-state index contributed by atoms with van der Waals surface area (Å²) in [5, 5.41) is 5.73. The topological polar surface area (TPSA) is 51.2 Å². The third-order valence-electron chi connectivity index (χ3n) is 3.57. The number of rotatable bonds is 5. The minimum atomic E-state index is -0.0825. The van der Waals surface area contributed by atoms with Crippen LogP contribution in [-0.4, -0.2) is 18.0 Å². The van der Waals surface area contributed by atoms with Crippen molar-refractivity contribution < 1.29 is 9.53 Å². The highest BCUT2D eigenvalue weighted by atomic mass is 32.1. The van der Waals surface area contributed by atoms with Crippen molar-refractivity contribution in [3.8, 4) is 16.3 Å². The van der Waals surface area contributed by atoms with Crippen LogP contribution in [0, 0.1) is 6.92 Å². The normalized spacial score (nSPS) is 10.4. The predicted molar refractivity (Wildman–Crippen MR) is 97.6 cm³/mol. The molecule has 0 fully saturated rings. The first kappa shape index (κ1) is 16.2. The summed E-state index contributed by atoms with van der Waals surface area (Å²) in [6, 6.07) is 15.5. The fraction of sp³-hybridized carbons (Fsp3) is 0.158. The predicted octanol–water partition coefficient (Wildman–Crippen LogP) is 4.31. The lowest BCUT2D eigenvalue weighted by Crippen LogP contribution is -2.14. The van der Waals surface area contributed by atoms with Gasteiger partial charge in [0.1, 0.15) is 10.8 Å². The number of hydrogen-bond donors (Lipinski definition) is 1. The van der Waals surface area contributed by atoms with Crippen molar-refractivity contribution in [2.45, 2.75) is 13.3 Å². The molecule has 3 rings (SSSR count). The van der Waals surface area contributed by atoms with Gasteiger partial charge in [0, 0.05) is 16.6 Å². The van der Waals surface area contributed by atoms with E-state index in [4.69, 9.17) is 4.74 Å². The van der Waals surface area contributed by atoms with E-state index in [-0.39, 0.29) is 12.3 Å². The van der Waals surface area contributed by atoms with Crippen molar-refractivity contribution in [2.24, 2.45) is 0 Å². The average Bonchev–Trinajstić information content (AvgIpc) is 3.04. The molecular formula is C19H18N2O2S. The number of methoxy groups -OCH3 is 1. The Balaban J connectivity index is 1.63. The van der Waals surface area contributed by atoms with Crippen LogP contribution in [0.1, 0.15) is 11.3 Å². The number of anilines is 1. The molecule has 0 aliphatic rings. The molecule has 1 aromatic heterocycles. The molecule has 0 aliphatic heterocycles. The molecule has 0 radical (unpaired) electrons. The van der Waals surface area contributed by atoms with Gasteiger partial charge in [-0.15, -0.1) is 11.3 Å². The van der Waals surface area contributed by atoms with E-state index in [9.17, 15) is 4.79 Å². The third kappa shape index (κ3) is 4.00. The molecule has 0 saturated heterocycles. The molecule has 0 bridgehead atoms. The lowest BCUT2D eigenvalue weighted by atomic mass is 10.2. The van der Waals surface area contributed by atoms with E-state index in [0.29, 0.717) is 0 Å². The molecule has 1 heterocycles. The minimum Gasteiger partial charge on any atom is -0.497 e. The number of aryl methyl sites for hydroxylation is 1. The summed E-state index contributed by atoms with van der Waals surface area (Å²) in [4.78, 5) is 16.7. The highest BCUT2D eigenvalue weighted by Gasteiger charge is 2.09. The molecule has 1 N–H and O–H groups in total. The van der Waals surface area contributed by atoms with Crippen molar-refractivity contribution >= 4 is 22.9 Å². The molecule has 5 heteroatoms. The summed E-state index contributed by atoms with van der Waals surface area (Å²) in [5.41, 5.74) is 3.82. The summed E-state index contributed by atoms with van der Waals surface area (Å²) < 4.78 is 5.10. The zero-order valence-corrected chi connectivity index (χ0v) is 14.4. The van der Waals surface area contributed by atoms with Crippen LogP contribution in [0.4, 0.5) is 5.69 Å². The molecule has 1 amide bonds. The van der Waals surface area contributed by atoms with Crippen molar-refractivity contribution in [2.75, 3.05) is 12.4 Å². The Morgan fingerprint density at radius 1 is 1.12 bits per heavy atom. The van der Waals surface area contributed by atoms with Crippen LogP contribution in [0.3, 0.4) is 0 Å². The standard InChI is InChI=1S/C19H18N2O2S/c1-13-3-5-14(6-4-13)19-21-16(12-24-19)11-18(22)20-15-7-9-17(23-2)10-8-15/h3-10,12H,11H2,1-2H3,(H,20,22). The first-order chi connectivity index (χ1) is 11.6. The van der Waals surface area contributed by atoms with E-state index < -0.39 is 0 Å². The van der Waals surface area contributed by atoms with E-state index in [2.05, 4.69) is 41.5 Å². The lowest BCUT2D eigenvalue weighted by Gasteiger charge is -2.05. The second-order valence-electron chi connectivity index (χ2n) is 5.46. The summed E-state index contributed by atoms with van der Waals surface area (Å²) in [6.07, 6.45) is 0.258. The van der Waals surface area contributed by atoms with Crippen molar-refractivity contribution in [3.05, 3.63) is 65.2 Å². The van der Waals surface area contributed by atoms with E-state index in [1.54, 1.807) is 18.4 Å². The average molecular weight is 338 g/mol. The van der Waals surface area contributed by atoms with Crippen LogP contribution in [-0.2, 0) is 11.2 Å². The van der Waals surface area contributed by atoms with Gasteiger partial charge in [0.2, 0.25) is 5.91 Å². The zero-order chi connectivity index (χ0) is 16.9. The van der Waals surface area contributed by atoms with Gasteiger partial charge in [-0.2, -0.15) is 0 Å². The Morgan fingerprint density at radius 3 is 2.50 bits per heavy atom. The molecule has 0 saturated carbocycles. The molecule has 122 valence electrons. The van der Waals surface area contributed by atoms with Gasteiger partial charge in [0.25, 0.3) is 0 Å². The quantitative estimate of drug-likeness (QED) is 0.754. The number of ether oxygens (including phenoxy) is 1. The number of nitrogens with one attached hydrogen (secondary N) is 1. The minimum absolute atomic E-state index is 0.0825. The van der Waals surface area contributed by atoms with Crippen LogP contribution in [0.5, 0.6) is 5.75 Å². The Hall–Kier alpha value is -2.66. The Labute approximate surface area is 145 Å². The summed E-state index contributed by atoms with van der Waals surface area (Å²) >= 11 is 1.55. The first-order valence-electron chi connectivity index (χ1n) is 7.59. The fourth-order valence-electron chi connectivity index (χ4n) is 2.26. The molecule has 4 nitrogen and oxygen atoms in total. The molecule has 3 aromatic rings. The van der Waals surface area contributed by atoms with Crippen molar-refractivity contribution in [3.63, 3.8) is 0 Å². The second kappa shape index (κ2) is 7.27. The van der Waals surface area contributed by atoms with E-state index >= 15 is 0 Å². The first-order valence-corrected chi connectivity index (χ1v) is 8.47. The largest absolute Gasteiger partial charge is 0.497 e. The van der Waals surface area contributed by atoms with Gasteiger partial charge in [-0.05, 0) is 31.2 Å². The van der Waals surface area contributed by atoms with Crippen molar-refractivity contribution in [1.29, 1.82) is 0 Å². The molecule has 0 aliphatic carbocycles. The van der Waals surface area contributed by atoms with Gasteiger partial charge < -0.3 is 10.1 Å². The Kier molecular flexibility index (Phi) is 4.91. The maximum absolute atomic E-state index is 12.1. The number of amides is 1. The number of hydrogen-bond acceptors (Lipinski definition) is 4. The van der Waals surface area contributed by atoms with Gasteiger partial charge in [0.05, 0.1) is 19.2 Å². The van der Waals surface area contributed by atoms with Gasteiger partial charge in [0.15, 0.2) is 0 Å². The zero-order valence-electron chi connectivity index (χ0n) is 13.6. The molecule has 0 spiro atoms. The Bertz CT molecular complexity index is 823. The summed E-state index contributed by atoms with van der Waals surface area (Å²) in [6.45, 7) is 2.06. The number of thiazole rings is 1. The smallest absolute Gasteiger partial charge is 0.230 e. The van der Waals surface area contributed by atoms with E-state index in [0.717, 1.165) is 27.7 Å². The van der Waals surface area contributed by atoms with Gasteiger partial charge >= 0.3 is 0 Å². The van der Waals surface area contributed by atoms with E-state index in [1.165, 1.54) is 5.56 Å². The number of nitrogens with zero attached hydrogens (tertiary/aromatic N) is 1. The van der Waals surface area contributed by atoms with Crippen LogP contribution < -0.4 is 10.1 Å². The Morgan fingerprint density at radius 2 is 1.83 bits per heavy atom. The maximum Gasteiger partial charge on any atom is 0.230 e. The molecule has 0 unspecified atom stereocenters. The number of aromatic nitrogens is 1. The SMILES string of the molecule is COc1ccc(NC(=O)Cc2csc(-c3ccc(C)cc3)n2)cc1. The van der Waals surface area contributed by atoms with Crippen LogP contribution >= 0.6 is 11.3 Å². The number of carbonyl (C=O) groups is 1. The molecule has 2 aromatic carbocycles. The second-order valence-corrected chi connectivity index (χ2v) is 6.32. The van der Waals surface area contributed by atoms with Crippen molar-refractivity contribution in [1.82, 2.24) is 4.98 Å². The number of benzene rings is 2. The summed E-state index contributed by atoms with van der Waals surface area (Å²) in [5.74, 6) is 0.677.